The average molecular weight is 274 g/mol. The summed E-state index contributed by atoms with van der Waals surface area (Å²) in [4.78, 5) is 8.80. The summed E-state index contributed by atoms with van der Waals surface area (Å²) in [7, 11) is 0. The van der Waals surface area contributed by atoms with Crippen molar-refractivity contribution in [1.82, 2.24) is 15.1 Å². The van der Waals surface area contributed by atoms with Crippen molar-refractivity contribution in [2.75, 3.05) is 13.2 Å². The van der Waals surface area contributed by atoms with Crippen molar-refractivity contribution >= 4 is 0 Å². The number of ether oxygens (including phenoxy) is 1. The van der Waals surface area contributed by atoms with Crippen LogP contribution in [-0.4, -0.2) is 28.3 Å². The third-order valence-electron chi connectivity index (χ3n) is 3.69. The lowest BCUT2D eigenvalue weighted by Gasteiger charge is -2.11. The molecule has 0 saturated carbocycles. The van der Waals surface area contributed by atoms with E-state index in [1.165, 1.54) is 0 Å². The van der Waals surface area contributed by atoms with E-state index in [-0.39, 0.29) is 12.0 Å². The van der Waals surface area contributed by atoms with E-state index >= 15 is 0 Å². The normalized spacial score (nSPS) is 22.3. The molecular weight excluding hydrogens is 256 g/mol. The molecule has 0 bridgehead atoms. The fraction of sp³-hybridized carbons (Fsp3) is 0.500. The molecule has 1 saturated heterocycles. The van der Waals surface area contributed by atoms with Crippen LogP contribution >= 0.6 is 0 Å². The zero-order valence-corrected chi connectivity index (χ0v) is 11.5. The van der Waals surface area contributed by atoms with E-state index in [2.05, 4.69) is 22.0 Å². The van der Waals surface area contributed by atoms with Gasteiger partial charge in [-0.15, -0.1) is 0 Å². The minimum absolute atomic E-state index is 0.185. The van der Waals surface area contributed by atoms with E-state index in [1.807, 2.05) is 12.1 Å². The molecule has 0 unspecified atom stereocenters. The molecule has 1 aliphatic rings. The van der Waals surface area contributed by atoms with Gasteiger partial charge in [-0.2, -0.15) is 4.98 Å². The summed E-state index contributed by atoms with van der Waals surface area (Å²) in [5.41, 5.74) is 7.61. The van der Waals surface area contributed by atoms with Crippen molar-refractivity contribution in [3.8, 4) is 11.5 Å². The van der Waals surface area contributed by atoms with Crippen LogP contribution in [-0.2, 0) is 11.2 Å². The molecule has 2 aromatic rings. The van der Waals surface area contributed by atoms with Crippen LogP contribution in [0.25, 0.3) is 11.5 Å². The summed E-state index contributed by atoms with van der Waals surface area (Å²) < 4.78 is 11.0. The van der Waals surface area contributed by atoms with Crippen LogP contribution in [0.3, 0.4) is 0 Å². The molecule has 6 heteroatoms. The molecule has 1 fully saturated rings. The molecule has 2 aromatic heterocycles. The zero-order chi connectivity index (χ0) is 13.9. The first-order valence-corrected chi connectivity index (χ1v) is 6.93. The highest BCUT2D eigenvalue weighted by atomic mass is 16.5. The van der Waals surface area contributed by atoms with Crippen LogP contribution in [0.4, 0.5) is 0 Å². The highest BCUT2D eigenvalue weighted by Gasteiger charge is 2.33. The van der Waals surface area contributed by atoms with Crippen molar-refractivity contribution in [3.05, 3.63) is 29.8 Å². The lowest BCUT2D eigenvalue weighted by Crippen LogP contribution is -2.18. The van der Waals surface area contributed by atoms with Crippen molar-refractivity contribution in [2.24, 2.45) is 11.7 Å². The second-order valence-corrected chi connectivity index (χ2v) is 4.90. The third-order valence-corrected chi connectivity index (χ3v) is 3.69. The highest BCUT2D eigenvalue weighted by molar-refractivity contribution is 5.53. The van der Waals surface area contributed by atoms with Gasteiger partial charge in [-0.05, 0) is 31.0 Å². The Morgan fingerprint density at radius 3 is 3.15 bits per heavy atom. The Bertz CT molecular complexity index is 584. The molecule has 2 N–H and O–H groups in total. The fourth-order valence-electron chi connectivity index (χ4n) is 2.52. The number of rotatable bonds is 4. The van der Waals surface area contributed by atoms with E-state index in [4.69, 9.17) is 15.0 Å². The first-order chi connectivity index (χ1) is 9.83. The molecule has 0 radical (unpaired) electrons. The van der Waals surface area contributed by atoms with E-state index < -0.39 is 0 Å². The van der Waals surface area contributed by atoms with Gasteiger partial charge in [0.2, 0.25) is 5.82 Å². The second-order valence-electron chi connectivity index (χ2n) is 4.90. The third kappa shape index (κ3) is 2.32. The van der Waals surface area contributed by atoms with Crippen molar-refractivity contribution < 1.29 is 9.26 Å². The Morgan fingerprint density at radius 2 is 2.35 bits per heavy atom. The SMILES string of the molecule is CCc1cccnc1-c1noc([C@H]2OCC[C@H]2CN)n1. The molecule has 6 nitrogen and oxygen atoms in total. The number of aromatic nitrogens is 3. The molecule has 3 heterocycles. The molecule has 0 aliphatic carbocycles. The Balaban J connectivity index is 1.90. The van der Waals surface area contributed by atoms with Gasteiger partial charge in [0.15, 0.2) is 0 Å². The first kappa shape index (κ1) is 13.2. The maximum Gasteiger partial charge on any atom is 0.256 e. The maximum absolute atomic E-state index is 5.74. The Labute approximate surface area is 117 Å². The van der Waals surface area contributed by atoms with E-state index in [0.29, 0.717) is 24.9 Å². The number of hydrogen-bond acceptors (Lipinski definition) is 6. The lowest BCUT2D eigenvalue weighted by molar-refractivity contribution is 0.0642. The fourth-order valence-corrected chi connectivity index (χ4v) is 2.52. The summed E-state index contributed by atoms with van der Waals surface area (Å²) in [5, 5.41) is 4.04. The summed E-state index contributed by atoms with van der Waals surface area (Å²) >= 11 is 0. The molecule has 3 rings (SSSR count). The predicted octanol–water partition coefficient (Wildman–Crippen LogP) is 1.73. The second kappa shape index (κ2) is 5.68. The van der Waals surface area contributed by atoms with Gasteiger partial charge in [-0.3, -0.25) is 4.98 Å². The molecule has 20 heavy (non-hydrogen) atoms. The number of aryl methyl sites for hydroxylation is 1. The highest BCUT2D eigenvalue weighted by Crippen LogP contribution is 2.33. The van der Waals surface area contributed by atoms with Gasteiger partial charge in [-0.25, -0.2) is 0 Å². The summed E-state index contributed by atoms with van der Waals surface area (Å²) in [6, 6.07) is 3.93. The first-order valence-electron chi connectivity index (χ1n) is 6.93. The van der Waals surface area contributed by atoms with E-state index in [9.17, 15) is 0 Å². The van der Waals surface area contributed by atoms with Crippen molar-refractivity contribution in [1.29, 1.82) is 0 Å². The van der Waals surface area contributed by atoms with Crippen molar-refractivity contribution in [3.63, 3.8) is 0 Å². The van der Waals surface area contributed by atoms with E-state index in [1.54, 1.807) is 6.20 Å². The molecule has 106 valence electrons. The minimum atomic E-state index is -0.185. The van der Waals surface area contributed by atoms with Gasteiger partial charge < -0.3 is 15.0 Å². The Kier molecular flexibility index (Phi) is 3.75. The smallest absolute Gasteiger partial charge is 0.256 e. The van der Waals surface area contributed by atoms with Crippen LogP contribution in [0.15, 0.2) is 22.9 Å². The molecule has 0 spiro atoms. The number of pyridine rings is 1. The number of hydrogen-bond donors (Lipinski definition) is 1. The Hall–Kier alpha value is -1.79. The molecular formula is C14H18N4O2. The van der Waals surface area contributed by atoms with Gasteiger partial charge in [0, 0.05) is 18.7 Å². The van der Waals surface area contributed by atoms with Crippen LogP contribution in [0.5, 0.6) is 0 Å². The summed E-state index contributed by atoms with van der Waals surface area (Å²) in [6.07, 6.45) is 3.36. The quantitative estimate of drug-likeness (QED) is 0.913. The largest absolute Gasteiger partial charge is 0.368 e. The molecule has 2 atom stereocenters. The number of nitrogens with zero attached hydrogens (tertiary/aromatic N) is 3. The van der Waals surface area contributed by atoms with E-state index in [0.717, 1.165) is 24.1 Å². The lowest BCUT2D eigenvalue weighted by atomic mass is 10.0. The minimum Gasteiger partial charge on any atom is -0.368 e. The van der Waals surface area contributed by atoms with Gasteiger partial charge >= 0.3 is 0 Å². The average Bonchev–Trinajstić information content (AvgIpc) is 3.15. The maximum atomic E-state index is 5.74. The number of nitrogens with two attached hydrogens (primary N) is 1. The topological polar surface area (TPSA) is 87.1 Å². The molecule has 1 aliphatic heterocycles. The summed E-state index contributed by atoms with van der Waals surface area (Å²) in [5.74, 6) is 1.27. The van der Waals surface area contributed by atoms with Gasteiger partial charge in [0.25, 0.3) is 5.89 Å². The van der Waals surface area contributed by atoms with Gasteiger partial charge in [-0.1, -0.05) is 18.1 Å². The van der Waals surface area contributed by atoms with Crippen molar-refractivity contribution in [2.45, 2.75) is 25.9 Å². The monoisotopic (exact) mass is 274 g/mol. The van der Waals surface area contributed by atoms with Crippen LogP contribution in [0.1, 0.15) is 30.9 Å². The Morgan fingerprint density at radius 1 is 1.45 bits per heavy atom. The summed E-state index contributed by atoms with van der Waals surface area (Å²) in [6.45, 7) is 3.33. The van der Waals surface area contributed by atoms with Gasteiger partial charge in [0.05, 0.1) is 0 Å². The van der Waals surface area contributed by atoms with Gasteiger partial charge in [0.1, 0.15) is 11.8 Å². The predicted molar refractivity (Wildman–Crippen MR) is 72.8 cm³/mol. The molecule has 0 amide bonds. The zero-order valence-electron chi connectivity index (χ0n) is 11.5. The standard InChI is InChI=1S/C14H18N4O2/c1-2-9-4-3-6-16-11(9)13-17-14(20-18-13)12-10(8-15)5-7-19-12/h3-4,6,10,12H,2,5,7-8,15H2,1H3/t10-,12-/m0/s1. The van der Waals surface area contributed by atoms with Crippen LogP contribution < -0.4 is 5.73 Å². The van der Waals surface area contributed by atoms with Crippen LogP contribution in [0, 0.1) is 5.92 Å². The van der Waals surface area contributed by atoms with Crippen LogP contribution in [0.2, 0.25) is 0 Å². The molecule has 0 aromatic carbocycles.